The molecule has 0 saturated heterocycles. The first-order valence-electron chi connectivity index (χ1n) is 3.95. The van der Waals surface area contributed by atoms with E-state index in [1.54, 1.807) is 0 Å². The van der Waals surface area contributed by atoms with Gasteiger partial charge in [0.05, 0.1) is 0 Å². The Morgan fingerprint density at radius 3 is 2.07 bits per heavy atom. The van der Waals surface area contributed by atoms with Gasteiger partial charge in [-0.05, 0) is 24.3 Å². The fourth-order valence-corrected chi connectivity index (χ4v) is 4.38. The highest BCUT2D eigenvalue weighted by Gasteiger charge is 2.64. The van der Waals surface area contributed by atoms with Crippen LogP contribution in [0.3, 0.4) is 0 Å². The molecule has 79 valence electrons. The first-order valence-corrected chi connectivity index (χ1v) is 6.21. The zero-order valence-corrected chi connectivity index (χ0v) is 11.3. The maximum Gasteiger partial charge on any atom is 0.177 e. The van der Waals surface area contributed by atoms with Gasteiger partial charge in [0.25, 0.3) is 0 Å². The molecule has 0 nitrogen and oxygen atoms in total. The molecule has 0 aromatic rings. The van der Waals surface area contributed by atoms with E-state index in [-0.39, 0.29) is 10.8 Å². The molecule has 0 aromatic carbocycles. The molecule has 0 spiro atoms. The fraction of sp³-hybridized carbons (Fsp3) is 0.625. The Kier molecular flexibility index (Phi) is 2.97. The monoisotopic (exact) mass is 311 g/mol. The van der Waals surface area contributed by atoms with E-state index in [4.69, 9.17) is 69.6 Å². The van der Waals surface area contributed by atoms with Crippen LogP contribution in [0.1, 0.15) is 12.8 Å². The lowest BCUT2D eigenvalue weighted by Gasteiger charge is -2.33. The van der Waals surface area contributed by atoms with Gasteiger partial charge in [0.2, 0.25) is 0 Å². The van der Waals surface area contributed by atoms with Gasteiger partial charge in [-0.15, -0.1) is 11.6 Å². The molecule has 1 radical (unpaired) electrons. The minimum atomic E-state index is -1.02. The highest BCUT2D eigenvalue weighted by atomic mass is 35.5. The number of hydrogen-bond donors (Lipinski definition) is 0. The maximum absolute atomic E-state index is 6.29. The summed E-state index contributed by atoms with van der Waals surface area (Å²) in [4.78, 5) is -0.765. The highest BCUT2D eigenvalue weighted by molar-refractivity contribution is 6.59. The maximum atomic E-state index is 6.29. The Balaban J connectivity index is 2.48. The molecule has 2 rings (SSSR count). The molecule has 6 heteroatoms. The van der Waals surface area contributed by atoms with Crippen molar-refractivity contribution in [2.45, 2.75) is 22.0 Å². The summed E-state index contributed by atoms with van der Waals surface area (Å²) in [6.07, 6.45) is 1.13. The predicted molar refractivity (Wildman–Crippen MR) is 63.6 cm³/mol. The number of hydrogen-bond acceptors (Lipinski definition) is 0. The summed E-state index contributed by atoms with van der Waals surface area (Å²) in [5.41, 5.74) is 0.696. The van der Waals surface area contributed by atoms with Crippen molar-refractivity contribution in [3.63, 3.8) is 0 Å². The number of alkyl halides is 3. The van der Waals surface area contributed by atoms with Gasteiger partial charge in [-0.25, -0.2) is 0 Å². The molecule has 2 bridgehead atoms. The highest BCUT2D eigenvalue weighted by Crippen LogP contribution is 2.67. The van der Waals surface area contributed by atoms with Crippen molar-refractivity contribution in [1.29, 1.82) is 0 Å². The fourth-order valence-electron chi connectivity index (χ4n) is 2.12. The Hall–Kier alpha value is 1.48. The minimum absolute atomic E-state index is 0.0694. The van der Waals surface area contributed by atoms with E-state index in [1.807, 2.05) is 0 Å². The van der Waals surface area contributed by atoms with Gasteiger partial charge in [-0.2, -0.15) is 0 Å². The van der Waals surface area contributed by atoms with Gasteiger partial charge in [0.1, 0.15) is 9.21 Å². The second kappa shape index (κ2) is 3.48. The van der Waals surface area contributed by atoms with Crippen LogP contribution in [-0.2, 0) is 0 Å². The number of fused-ring (bicyclic) bond motifs is 2. The molecule has 0 N–H and O–H groups in total. The molecule has 14 heavy (non-hydrogen) atoms. The quantitative estimate of drug-likeness (QED) is 0.596. The Morgan fingerprint density at radius 1 is 1.14 bits per heavy atom. The van der Waals surface area contributed by atoms with Crippen molar-refractivity contribution in [1.82, 2.24) is 0 Å². The van der Waals surface area contributed by atoms with Crippen LogP contribution in [0, 0.1) is 10.8 Å². The third kappa shape index (κ3) is 1.42. The van der Waals surface area contributed by atoms with E-state index in [1.165, 1.54) is 0 Å². The first-order chi connectivity index (χ1) is 6.29. The van der Waals surface area contributed by atoms with Gasteiger partial charge >= 0.3 is 0 Å². The molecule has 2 aliphatic rings. The molecule has 0 amide bonds. The number of halogens is 6. The van der Waals surface area contributed by atoms with E-state index in [2.05, 4.69) is 0 Å². The van der Waals surface area contributed by atoms with Crippen LogP contribution in [0.2, 0.25) is 0 Å². The Morgan fingerprint density at radius 2 is 1.71 bits per heavy atom. The molecule has 1 fully saturated rings. The van der Waals surface area contributed by atoms with Crippen molar-refractivity contribution in [2.24, 2.45) is 5.92 Å². The average molecular weight is 314 g/mol. The normalized spacial score (nSPS) is 40.1. The van der Waals surface area contributed by atoms with Gasteiger partial charge in [0, 0.05) is 5.03 Å². The molecule has 2 atom stereocenters. The second-order valence-corrected chi connectivity index (χ2v) is 7.06. The van der Waals surface area contributed by atoms with E-state index in [9.17, 15) is 0 Å². The van der Waals surface area contributed by atoms with Crippen LogP contribution in [0.4, 0.5) is 0 Å². The predicted octanol–water partition coefficient (Wildman–Crippen LogP) is 5.02. The van der Waals surface area contributed by atoms with E-state index in [0.717, 1.165) is 0 Å². The van der Waals surface area contributed by atoms with Crippen LogP contribution in [0.5, 0.6) is 0 Å². The van der Waals surface area contributed by atoms with Crippen LogP contribution in [-0.4, -0.2) is 9.21 Å². The lowest BCUT2D eigenvalue weighted by Crippen LogP contribution is -2.37. The topological polar surface area (TPSA) is 0 Å². The number of allylic oxidation sites excluding steroid dienone is 2. The van der Waals surface area contributed by atoms with Crippen molar-refractivity contribution < 1.29 is 0 Å². The summed E-state index contributed by atoms with van der Waals surface area (Å²) in [5, 5.41) is 0.389. The standard InChI is InChI=1S/C8H5Cl6/c9-5-4(6(10)11)3-1-7(5,12)8(13,14)2-3/h3H,1-2H2. The van der Waals surface area contributed by atoms with Gasteiger partial charge in [-0.3, -0.25) is 0 Å². The molecule has 1 saturated carbocycles. The summed E-state index contributed by atoms with van der Waals surface area (Å²) < 4.78 is -1.02. The second-order valence-electron chi connectivity index (χ2n) is 3.60. The molecule has 2 aliphatic carbocycles. The Labute approximate surface area is 112 Å². The first kappa shape index (κ1) is 12.0. The molecule has 0 aromatic heterocycles. The molecule has 2 unspecified atom stereocenters. The van der Waals surface area contributed by atoms with Crippen LogP contribution >= 0.6 is 69.6 Å². The van der Waals surface area contributed by atoms with Gasteiger partial charge in [0.15, 0.2) is 4.84 Å². The van der Waals surface area contributed by atoms with Crippen molar-refractivity contribution in [3.8, 4) is 0 Å². The molecular formula is C8H5Cl6. The summed E-state index contributed by atoms with van der Waals surface area (Å²) in [7, 11) is 0. The summed E-state index contributed by atoms with van der Waals surface area (Å²) in [5.74, 6) is 0.0694. The van der Waals surface area contributed by atoms with E-state index in [0.29, 0.717) is 23.4 Å². The average Bonchev–Trinajstić information content (AvgIpc) is 2.35. The van der Waals surface area contributed by atoms with Crippen molar-refractivity contribution in [3.05, 3.63) is 15.4 Å². The zero-order chi connectivity index (χ0) is 10.7. The van der Waals surface area contributed by atoms with Gasteiger partial charge < -0.3 is 0 Å². The van der Waals surface area contributed by atoms with E-state index >= 15 is 0 Å². The van der Waals surface area contributed by atoms with Crippen LogP contribution in [0.15, 0.2) is 10.6 Å². The summed E-state index contributed by atoms with van der Waals surface area (Å²) in [6, 6.07) is 0. The lowest BCUT2D eigenvalue weighted by atomic mass is 9.99. The molecular weight excluding hydrogens is 309 g/mol. The van der Waals surface area contributed by atoms with Crippen molar-refractivity contribution in [2.75, 3.05) is 0 Å². The number of rotatable bonds is 1. The van der Waals surface area contributed by atoms with Crippen LogP contribution in [0.25, 0.3) is 0 Å². The van der Waals surface area contributed by atoms with Crippen LogP contribution < -0.4 is 0 Å². The zero-order valence-electron chi connectivity index (χ0n) is 6.76. The SMILES string of the molecule is Cl[C](Cl)C1=C(Cl)C2(Cl)CC1CC2(Cl)Cl. The smallest absolute Gasteiger partial charge is 0.110 e. The summed E-state index contributed by atoms with van der Waals surface area (Å²) in [6.45, 7) is 0. The summed E-state index contributed by atoms with van der Waals surface area (Å²) >= 11 is 36.0. The lowest BCUT2D eigenvalue weighted by molar-refractivity contribution is 0.644. The van der Waals surface area contributed by atoms with Gasteiger partial charge in [-0.1, -0.05) is 58.0 Å². The molecule has 0 heterocycles. The Bertz CT molecular complexity index is 307. The largest absolute Gasteiger partial charge is 0.177 e. The third-order valence-electron chi connectivity index (χ3n) is 2.81. The van der Waals surface area contributed by atoms with Crippen molar-refractivity contribution >= 4 is 69.6 Å². The third-order valence-corrected chi connectivity index (χ3v) is 5.65. The van der Waals surface area contributed by atoms with E-state index < -0.39 is 9.21 Å². The molecule has 0 aliphatic heterocycles. The minimum Gasteiger partial charge on any atom is -0.110 e.